The van der Waals surface area contributed by atoms with E-state index in [1.807, 2.05) is 6.20 Å². The van der Waals surface area contributed by atoms with Gasteiger partial charge in [-0.2, -0.15) is 0 Å². The van der Waals surface area contributed by atoms with Crippen LogP contribution >= 0.6 is 0 Å². The molecule has 0 unspecified atom stereocenters. The van der Waals surface area contributed by atoms with Crippen LogP contribution in [0.5, 0.6) is 0 Å². The van der Waals surface area contributed by atoms with E-state index in [0.29, 0.717) is 11.8 Å². The molecule has 1 aliphatic heterocycles. The quantitative estimate of drug-likeness (QED) is 0.858. The Morgan fingerprint density at radius 3 is 3.17 bits per heavy atom. The molecule has 2 fully saturated rings. The van der Waals surface area contributed by atoms with Gasteiger partial charge in [-0.3, -0.25) is 4.90 Å². The van der Waals surface area contributed by atoms with Gasteiger partial charge in [0.25, 0.3) is 0 Å². The van der Waals surface area contributed by atoms with E-state index in [1.165, 1.54) is 18.5 Å². The number of fused-ring (bicyclic) bond motifs is 1. The molecular weight excluding hydrogens is 226 g/mol. The summed E-state index contributed by atoms with van der Waals surface area (Å²) in [6.45, 7) is 5.23. The summed E-state index contributed by atoms with van der Waals surface area (Å²) in [6.07, 6.45) is 7.99. The highest BCUT2D eigenvalue weighted by Crippen LogP contribution is 2.44. The third kappa shape index (κ3) is 2.08. The number of hydrogen-bond acceptors (Lipinski definition) is 3. The minimum atomic E-state index is -0.411. The van der Waals surface area contributed by atoms with E-state index in [9.17, 15) is 5.11 Å². The molecule has 1 aromatic heterocycles. The van der Waals surface area contributed by atoms with Gasteiger partial charge in [0, 0.05) is 37.4 Å². The number of aliphatic hydroxyl groups is 1. The molecule has 2 heterocycles. The first-order chi connectivity index (χ1) is 8.71. The molecule has 1 saturated heterocycles. The second-order valence-corrected chi connectivity index (χ2v) is 5.99. The van der Waals surface area contributed by atoms with E-state index in [0.717, 1.165) is 32.5 Å². The van der Waals surface area contributed by atoms with Crippen molar-refractivity contribution in [3.8, 4) is 0 Å². The summed E-state index contributed by atoms with van der Waals surface area (Å²) in [5.74, 6) is 1.16. The van der Waals surface area contributed by atoms with Crippen LogP contribution in [0.1, 0.15) is 38.3 Å². The number of rotatable bonds is 3. The van der Waals surface area contributed by atoms with Gasteiger partial charge in [0.2, 0.25) is 0 Å². The summed E-state index contributed by atoms with van der Waals surface area (Å²) in [4.78, 5) is 9.70. The molecular formula is C14H23N3O. The molecule has 0 radical (unpaired) electrons. The zero-order chi connectivity index (χ0) is 12.6. The van der Waals surface area contributed by atoms with Crippen LogP contribution in [0.3, 0.4) is 0 Å². The predicted molar refractivity (Wildman–Crippen MR) is 69.9 cm³/mol. The van der Waals surface area contributed by atoms with Crippen LogP contribution in [0.2, 0.25) is 0 Å². The summed E-state index contributed by atoms with van der Waals surface area (Å²) in [6, 6.07) is 0. The Kier molecular flexibility index (Phi) is 3.16. The highest BCUT2D eigenvalue weighted by atomic mass is 16.3. The first kappa shape index (κ1) is 12.2. The van der Waals surface area contributed by atoms with Gasteiger partial charge in [0.05, 0.1) is 11.9 Å². The van der Waals surface area contributed by atoms with Gasteiger partial charge in [0.15, 0.2) is 0 Å². The summed E-state index contributed by atoms with van der Waals surface area (Å²) < 4.78 is 0. The van der Waals surface area contributed by atoms with Gasteiger partial charge >= 0.3 is 0 Å². The van der Waals surface area contributed by atoms with E-state index < -0.39 is 5.60 Å². The lowest BCUT2D eigenvalue weighted by atomic mass is 9.69. The van der Waals surface area contributed by atoms with Crippen molar-refractivity contribution in [3.05, 3.63) is 18.2 Å². The largest absolute Gasteiger partial charge is 0.390 e. The fraction of sp³-hybridized carbons (Fsp3) is 0.786. The van der Waals surface area contributed by atoms with E-state index in [2.05, 4.69) is 21.8 Å². The lowest BCUT2D eigenvalue weighted by Crippen LogP contribution is -2.44. The Balaban J connectivity index is 1.69. The van der Waals surface area contributed by atoms with Gasteiger partial charge in [-0.1, -0.05) is 13.3 Å². The van der Waals surface area contributed by atoms with E-state index >= 15 is 0 Å². The number of hydrogen-bond donors (Lipinski definition) is 2. The van der Waals surface area contributed by atoms with E-state index in [4.69, 9.17) is 0 Å². The minimum absolute atomic E-state index is 0.411. The van der Waals surface area contributed by atoms with E-state index in [-0.39, 0.29) is 0 Å². The molecule has 2 N–H and O–H groups in total. The number of aromatic nitrogens is 2. The Labute approximate surface area is 108 Å². The molecule has 100 valence electrons. The van der Waals surface area contributed by atoms with Crippen LogP contribution in [-0.2, 0) is 6.54 Å². The fourth-order valence-corrected chi connectivity index (χ4v) is 3.90. The Morgan fingerprint density at radius 1 is 1.56 bits per heavy atom. The number of likely N-dealkylation sites (tertiary alicyclic amines) is 1. The monoisotopic (exact) mass is 249 g/mol. The lowest BCUT2D eigenvalue weighted by Gasteiger charge is -2.40. The van der Waals surface area contributed by atoms with Crippen LogP contribution in [0, 0.1) is 11.8 Å². The van der Waals surface area contributed by atoms with Crippen LogP contribution in [-0.4, -0.2) is 38.7 Å². The van der Waals surface area contributed by atoms with Crippen LogP contribution < -0.4 is 0 Å². The average Bonchev–Trinajstić information content (AvgIpc) is 2.99. The van der Waals surface area contributed by atoms with Gasteiger partial charge in [-0.05, 0) is 25.2 Å². The third-order valence-electron chi connectivity index (χ3n) is 4.95. The minimum Gasteiger partial charge on any atom is -0.390 e. The van der Waals surface area contributed by atoms with Crippen LogP contribution in [0.25, 0.3) is 0 Å². The maximum Gasteiger partial charge on any atom is 0.0922 e. The Hall–Kier alpha value is -0.870. The number of nitrogens with zero attached hydrogens (tertiary/aromatic N) is 2. The van der Waals surface area contributed by atoms with E-state index in [1.54, 1.807) is 6.33 Å². The second kappa shape index (κ2) is 4.67. The van der Waals surface area contributed by atoms with Crippen LogP contribution in [0.4, 0.5) is 0 Å². The highest BCUT2D eigenvalue weighted by Gasteiger charge is 2.47. The molecule has 18 heavy (non-hydrogen) atoms. The number of imidazole rings is 1. The lowest BCUT2D eigenvalue weighted by molar-refractivity contribution is -0.0613. The first-order valence-corrected chi connectivity index (χ1v) is 7.13. The van der Waals surface area contributed by atoms with Gasteiger partial charge in [0.1, 0.15) is 0 Å². The fourth-order valence-electron chi connectivity index (χ4n) is 3.90. The molecule has 0 aromatic carbocycles. The Bertz CT molecular complexity index is 392. The topological polar surface area (TPSA) is 52.1 Å². The summed E-state index contributed by atoms with van der Waals surface area (Å²) >= 11 is 0. The zero-order valence-corrected chi connectivity index (χ0v) is 11.1. The highest BCUT2D eigenvalue weighted by molar-refractivity contribution is 5.02. The maximum absolute atomic E-state index is 10.7. The summed E-state index contributed by atoms with van der Waals surface area (Å²) in [5, 5.41) is 10.7. The van der Waals surface area contributed by atoms with Crippen molar-refractivity contribution in [2.75, 3.05) is 13.1 Å². The predicted octanol–water partition coefficient (Wildman–Crippen LogP) is 1.78. The zero-order valence-electron chi connectivity index (χ0n) is 11.1. The van der Waals surface area contributed by atoms with Crippen molar-refractivity contribution < 1.29 is 5.11 Å². The smallest absolute Gasteiger partial charge is 0.0922 e. The summed E-state index contributed by atoms with van der Waals surface area (Å²) in [5.41, 5.74) is 0.764. The molecule has 1 aliphatic carbocycles. The molecule has 4 nitrogen and oxygen atoms in total. The summed E-state index contributed by atoms with van der Waals surface area (Å²) in [7, 11) is 0. The first-order valence-electron chi connectivity index (χ1n) is 7.13. The van der Waals surface area contributed by atoms with Crippen molar-refractivity contribution in [1.82, 2.24) is 14.9 Å². The van der Waals surface area contributed by atoms with Gasteiger partial charge in [-0.15, -0.1) is 0 Å². The molecule has 1 saturated carbocycles. The van der Waals surface area contributed by atoms with Crippen molar-refractivity contribution in [2.45, 2.75) is 44.8 Å². The van der Waals surface area contributed by atoms with Crippen molar-refractivity contribution in [2.24, 2.45) is 11.8 Å². The van der Waals surface area contributed by atoms with Gasteiger partial charge in [-0.25, -0.2) is 4.98 Å². The van der Waals surface area contributed by atoms with Crippen molar-refractivity contribution >= 4 is 0 Å². The van der Waals surface area contributed by atoms with Gasteiger partial charge < -0.3 is 10.1 Å². The average molecular weight is 249 g/mol. The molecule has 0 amide bonds. The molecule has 0 spiro atoms. The molecule has 4 heteroatoms. The Morgan fingerprint density at radius 2 is 2.44 bits per heavy atom. The van der Waals surface area contributed by atoms with Crippen molar-refractivity contribution in [1.29, 1.82) is 0 Å². The molecule has 0 bridgehead atoms. The number of H-pyrrole nitrogens is 1. The normalized spacial score (nSPS) is 36.8. The third-order valence-corrected chi connectivity index (χ3v) is 4.95. The second-order valence-electron chi connectivity index (χ2n) is 5.99. The molecule has 3 rings (SSSR count). The molecule has 2 aliphatic rings. The maximum atomic E-state index is 10.7. The number of aromatic amines is 1. The standard InChI is InChI=1S/C14H23N3O/c1-2-14(18)5-3-4-11-7-17(9-13(11)14)8-12-6-15-10-16-12/h6,10-11,13,18H,2-5,7-9H2,1H3,(H,15,16)/t11-,13+,14-/m1/s1. The number of nitrogens with one attached hydrogen (secondary N) is 1. The van der Waals surface area contributed by atoms with Crippen molar-refractivity contribution in [3.63, 3.8) is 0 Å². The van der Waals surface area contributed by atoms with Crippen LogP contribution in [0.15, 0.2) is 12.5 Å². The molecule has 3 atom stereocenters. The SMILES string of the molecule is CC[C@@]1(O)CCC[C@@H]2CN(Cc3cnc[nH]3)C[C@@H]21. The molecule has 1 aromatic rings.